The topological polar surface area (TPSA) is 118 Å². The molecule has 0 aliphatic rings. The molecule has 0 fully saturated rings. The number of amides is 1. The van der Waals surface area contributed by atoms with E-state index >= 15 is 0 Å². The summed E-state index contributed by atoms with van der Waals surface area (Å²) in [5.41, 5.74) is 3.70. The normalized spacial score (nSPS) is 11.9. The Morgan fingerprint density at radius 1 is 1.27 bits per heavy atom. The summed E-state index contributed by atoms with van der Waals surface area (Å²) < 4.78 is 24.9. The van der Waals surface area contributed by atoms with Crippen LogP contribution in [-0.2, 0) is 21.2 Å². The number of rotatable bonds is 6. The number of nitrogens with one attached hydrogen (secondary N) is 1. The SMILES string of the molecule is Cc1cc(/C=C(/C#N)C(=O)Nc2nnc(S(C)(=O)=O)s2)c(C)n1Cc1ccccc1. The maximum absolute atomic E-state index is 12.5. The van der Waals surface area contributed by atoms with Crippen LogP contribution in [-0.4, -0.2) is 35.3 Å². The molecule has 0 radical (unpaired) electrons. The van der Waals surface area contributed by atoms with Crippen molar-refractivity contribution < 1.29 is 13.2 Å². The molecule has 0 aliphatic heterocycles. The second-order valence-corrected chi connectivity index (χ2v) is 9.83. The fraction of sp³-hybridized carbons (Fsp3) is 0.200. The molecule has 0 unspecified atom stereocenters. The van der Waals surface area contributed by atoms with Gasteiger partial charge in [-0.1, -0.05) is 41.7 Å². The van der Waals surface area contributed by atoms with Gasteiger partial charge in [0, 0.05) is 24.2 Å². The minimum atomic E-state index is -3.51. The van der Waals surface area contributed by atoms with Gasteiger partial charge in [0.25, 0.3) is 5.91 Å². The molecule has 2 aromatic heterocycles. The third kappa shape index (κ3) is 4.82. The van der Waals surface area contributed by atoms with Crippen molar-refractivity contribution in [3.63, 3.8) is 0 Å². The summed E-state index contributed by atoms with van der Waals surface area (Å²) in [5, 5.41) is 19.1. The minimum absolute atomic E-state index is 0.0103. The van der Waals surface area contributed by atoms with Gasteiger partial charge in [0.15, 0.2) is 0 Å². The molecule has 0 bridgehead atoms. The van der Waals surface area contributed by atoms with E-state index < -0.39 is 15.7 Å². The molecular formula is C20H19N5O3S2. The highest BCUT2D eigenvalue weighted by molar-refractivity contribution is 7.92. The molecule has 1 aromatic carbocycles. The Bertz CT molecular complexity index is 1270. The molecule has 0 saturated carbocycles. The van der Waals surface area contributed by atoms with Gasteiger partial charge in [-0.2, -0.15) is 5.26 Å². The Kier molecular flexibility index (Phi) is 6.14. The van der Waals surface area contributed by atoms with Crippen molar-refractivity contribution in [1.29, 1.82) is 5.26 Å². The van der Waals surface area contributed by atoms with E-state index in [9.17, 15) is 18.5 Å². The highest BCUT2D eigenvalue weighted by atomic mass is 32.2. The zero-order chi connectivity index (χ0) is 21.9. The number of hydrogen-bond donors (Lipinski definition) is 1. The smallest absolute Gasteiger partial charge is 0.268 e. The van der Waals surface area contributed by atoms with E-state index in [2.05, 4.69) is 20.1 Å². The van der Waals surface area contributed by atoms with Gasteiger partial charge < -0.3 is 4.57 Å². The monoisotopic (exact) mass is 441 g/mol. The molecule has 3 rings (SSSR count). The largest absolute Gasteiger partial charge is 0.344 e. The average Bonchev–Trinajstić information content (AvgIpc) is 3.27. The fourth-order valence-corrected chi connectivity index (χ4v) is 4.37. The molecular weight excluding hydrogens is 422 g/mol. The van der Waals surface area contributed by atoms with E-state index in [4.69, 9.17) is 0 Å². The average molecular weight is 442 g/mol. The summed E-state index contributed by atoms with van der Waals surface area (Å²) in [4.78, 5) is 12.5. The number of anilines is 1. The first-order valence-corrected chi connectivity index (χ1v) is 11.6. The number of carbonyl (C=O) groups is 1. The lowest BCUT2D eigenvalue weighted by Gasteiger charge is -2.09. The molecule has 0 saturated heterocycles. The Balaban J connectivity index is 1.84. The molecule has 2 heterocycles. The Morgan fingerprint density at radius 2 is 1.97 bits per heavy atom. The summed E-state index contributed by atoms with van der Waals surface area (Å²) in [6.07, 6.45) is 2.52. The highest BCUT2D eigenvalue weighted by Crippen LogP contribution is 2.22. The number of nitriles is 1. The van der Waals surface area contributed by atoms with E-state index in [-0.39, 0.29) is 15.0 Å². The maximum Gasteiger partial charge on any atom is 0.268 e. The van der Waals surface area contributed by atoms with Crippen LogP contribution in [0.2, 0.25) is 0 Å². The number of hydrogen-bond acceptors (Lipinski definition) is 7. The summed E-state index contributed by atoms with van der Waals surface area (Å²) in [6, 6.07) is 13.8. The van der Waals surface area contributed by atoms with E-state index in [1.807, 2.05) is 56.3 Å². The second kappa shape index (κ2) is 8.61. The zero-order valence-corrected chi connectivity index (χ0v) is 18.2. The van der Waals surface area contributed by atoms with Crippen molar-refractivity contribution in [2.75, 3.05) is 11.6 Å². The lowest BCUT2D eigenvalue weighted by Crippen LogP contribution is -2.13. The Labute approximate surface area is 178 Å². The van der Waals surface area contributed by atoms with Crippen molar-refractivity contribution in [2.45, 2.75) is 24.7 Å². The number of benzene rings is 1. The Morgan fingerprint density at radius 3 is 2.57 bits per heavy atom. The highest BCUT2D eigenvalue weighted by Gasteiger charge is 2.18. The van der Waals surface area contributed by atoms with E-state index in [0.717, 1.165) is 40.1 Å². The first kappa shape index (κ1) is 21.4. The molecule has 1 amide bonds. The predicted molar refractivity (Wildman–Crippen MR) is 115 cm³/mol. The summed E-state index contributed by atoms with van der Waals surface area (Å²) in [5.74, 6) is -0.679. The molecule has 0 aliphatic carbocycles. The molecule has 1 N–H and O–H groups in total. The van der Waals surface area contributed by atoms with Crippen molar-refractivity contribution >= 4 is 38.3 Å². The first-order valence-electron chi connectivity index (χ1n) is 8.86. The standard InChI is InChI=1S/C20H19N5O3S2/c1-13-9-16(14(2)25(13)12-15-7-5-4-6-8-15)10-17(11-21)18(26)22-19-23-24-20(29-19)30(3,27)28/h4-10H,12H2,1-3H3,(H,22,23,26)/b17-10-. The van der Waals surface area contributed by atoms with Gasteiger partial charge in [-0.3, -0.25) is 10.1 Å². The first-order chi connectivity index (χ1) is 14.2. The van der Waals surface area contributed by atoms with Crippen molar-refractivity contribution in [1.82, 2.24) is 14.8 Å². The predicted octanol–water partition coefficient (Wildman–Crippen LogP) is 2.95. The second-order valence-electron chi connectivity index (χ2n) is 6.67. The number of nitrogens with zero attached hydrogens (tertiary/aromatic N) is 4. The van der Waals surface area contributed by atoms with Crippen LogP contribution in [0.3, 0.4) is 0 Å². The van der Waals surface area contributed by atoms with Gasteiger partial charge in [-0.05, 0) is 37.1 Å². The van der Waals surface area contributed by atoms with Crippen LogP contribution in [0.5, 0.6) is 0 Å². The maximum atomic E-state index is 12.5. The van der Waals surface area contributed by atoms with Crippen LogP contribution in [0, 0.1) is 25.2 Å². The van der Waals surface area contributed by atoms with Gasteiger partial charge in [0.05, 0.1) is 0 Å². The molecule has 10 heteroatoms. The van der Waals surface area contributed by atoms with E-state index in [1.165, 1.54) is 6.08 Å². The number of aryl methyl sites for hydroxylation is 1. The van der Waals surface area contributed by atoms with Crippen LogP contribution in [0.4, 0.5) is 5.13 Å². The van der Waals surface area contributed by atoms with E-state index in [1.54, 1.807) is 0 Å². The van der Waals surface area contributed by atoms with Crippen LogP contribution < -0.4 is 5.32 Å². The lowest BCUT2D eigenvalue weighted by atomic mass is 10.1. The molecule has 0 spiro atoms. The molecule has 8 nitrogen and oxygen atoms in total. The van der Waals surface area contributed by atoms with Gasteiger partial charge >= 0.3 is 0 Å². The summed E-state index contributed by atoms with van der Waals surface area (Å²) >= 11 is 0.730. The zero-order valence-electron chi connectivity index (χ0n) is 16.6. The minimum Gasteiger partial charge on any atom is -0.344 e. The molecule has 3 aromatic rings. The third-order valence-corrected chi connectivity index (χ3v) is 6.91. The van der Waals surface area contributed by atoms with Crippen molar-refractivity contribution in [3.05, 3.63) is 64.5 Å². The molecule has 154 valence electrons. The fourth-order valence-electron chi connectivity index (χ4n) is 2.86. The van der Waals surface area contributed by atoms with Crippen LogP contribution in [0.25, 0.3) is 6.08 Å². The van der Waals surface area contributed by atoms with Crippen molar-refractivity contribution in [2.24, 2.45) is 0 Å². The lowest BCUT2D eigenvalue weighted by molar-refractivity contribution is -0.112. The van der Waals surface area contributed by atoms with Gasteiger partial charge in [0.2, 0.25) is 19.3 Å². The third-order valence-electron chi connectivity index (χ3n) is 4.41. The molecule has 0 atom stereocenters. The van der Waals surface area contributed by atoms with Gasteiger partial charge in [0.1, 0.15) is 11.6 Å². The number of carbonyl (C=O) groups excluding carboxylic acids is 1. The van der Waals surface area contributed by atoms with Gasteiger partial charge in [-0.15, -0.1) is 10.2 Å². The van der Waals surface area contributed by atoms with Crippen LogP contribution in [0.1, 0.15) is 22.5 Å². The van der Waals surface area contributed by atoms with E-state index in [0.29, 0.717) is 6.54 Å². The van der Waals surface area contributed by atoms with Crippen LogP contribution >= 0.6 is 11.3 Å². The van der Waals surface area contributed by atoms with Crippen molar-refractivity contribution in [3.8, 4) is 6.07 Å². The molecule has 30 heavy (non-hydrogen) atoms. The summed E-state index contributed by atoms with van der Waals surface area (Å²) in [7, 11) is -3.51. The number of aromatic nitrogens is 3. The quantitative estimate of drug-likeness (QED) is 0.357. The van der Waals surface area contributed by atoms with Gasteiger partial charge in [-0.25, -0.2) is 8.42 Å². The Hall–Kier alpha value is -3.29. The van der Waals surface area contributed by atoms with Crippen LogP contribution in [0.15, 0.2) is 46.3 Å². The number of sulfone groups is 1. The summed E-state index contributed by atoms with van der Waals surface area (Å²) in [6.45, 7) is 4.57.